The number of thioether (sulfide) groups is 1. The van der Waals surface area contributed by atoms with Gasteiger partial charge in [-0.25, -0.2) is 4.39 Å². The first-order valence-electron chi connectivity index (χ1n) is 6.15. The third kappa shape index (κ3) is 3.24. The Balaban J connectivity index is 2.25. The van der Waals surface area contributed by atoms with Gasteiger partial charge >= 0.3 is 0 Å². The molecule has 98 valence electrons. The van der Waals surface area contributed by atoms with Crippen LogP contribution in [0.4, 0.5) is 4.39 Å². The summed E-state index contributed by atoms with van der Waals surface area (Å²) in [5, 5.41) is 0. The third-order valence-electron chi connectivity index (χ3n) is 2.86. The maximum atomic E-state index is 13.5. The van der Waals surface area contributed by atoms with Crippen molar-refractivity contribution in [2.45, 2.75) is 18.7 Å². The van der Waals surface area contributed by atoms with Crippen LogP contribution in [0, 0.1) is 12.7 Å². The molecular weight excluding hydrogens is 259 g/mol. The zero-order chi connectivity index (χ0) is 13.8. The molecule has 0 atom stereocenters. The molecule has 19 heavy (non-hydrogen) atoms. The number of carbonyl (C=O) groups is 1. The van der Waals surface area contributed by atoms with Gasteiger partial charge in [-0.1, -0.05) is 19.1 Å². The molecule has 0 N–H and O–H groups in total. The van der Waals surface area contributed by atoms with Crippen LogP contribution in [0.25, 0.3) is 0 Å². The molecule has 0 fully saturated rings. The largest absolute Gasteiger partial charge is 0.289 e. The summed E-state index contributed by atoms with van der Waals surface area (Å²) in [5.41, 5.74) is 1.52. The number of benzene rings is 2. The maximum Gasteiger partial charge on any atom is 0.193 e. The van der Waals surface area contributed by atoms with Gasteiger partial charge in [-0.15, -0.1) is 11.8 Å². The first kappa shape index (κ1) is 13.8. The summed E-state index contributed by atoms with van der Waals surface area (Å²) in [6, 6.07) is 12.0. The number of hydrogen-bond acceptors (Lipinski definition) is 2. The molecule has 0 aliphatic rings. The zero-order valence-electron chi connectivity index (χ0n) is 10.9. The van der Waals surface area contributed by atoms with Crippen molar-refractivity contribution < 1.29 is 9.18 Å². The molecule has 2 rings (SSSR count). The fourth-order valence-corrected chi connectivity index (χ4v) is 2.43. The van der Waals surface area contributed by atoms with E-state index in [1.54, 1.807) is 43.0 Å². The highest BCUT2D eigenvalue weighted by molar-refractivity contribution is 7.99. The van der Waals surface area contributed by atoms with Gasteiger partial charge < -0.3 is 0 Å². The van der Waals surface area contributed by atoms with E-state index in [1.165, 1.54) is 6.07 Å². The van der Waals surface area contributed by atoms with Crippen molar-refractivity contribution in [1.29, 1.82) is 0 Å². The number of aryl methyl sites for hydroxylation is 1. The van der Waals surface area contributed by atoms with Crippen molar-refractivity contribution in [3.8, 4) is 0 Å². The molecule has 0 saturated heterocycles. The number of rotatable bonds is 4. The van der Waals surface area contributed by atoms with E-state index in [1.807, 2.05) is 12.1 Å². The lowest BCUT2D eigenvalue weighted by atomic mass is 10.0. The summed E-state index contributed by atoms with van der Waals surface area (Å²) in [4.78, 5) is 13.3. The van der Waals surface area contributed by atoms with Crippen LogP contribution < -0.4 is 0 Å². The minimum absolute atomic E-state index is 0.146. The van der Waals surface area contributed by atoms with E-state index in [2.05, 4.69) is 6.92 Å². The molecule has 0 saturated carbocycles. The van der Waals surface area contributed by atoms with Gasteiger partial charge in [0.2, 0.25) is 0 Å². The average Bonchev–Trinajstić information content (AvgIpc) is 2.42. The van der Waals surface area contributed by atoms with Crippen molar-refractivity contribution in [2.75, 3.05) is 5.75 Å². The van der Waals surface area contributed by atoms with Gasteiger partial charge in [-0.05, 0) is 48.6 Å². The van der Waals surface area contributed by atoms with Crippen LogP contribution in [0.1, 0.15) is 28.4 Å². The molecule has 2 aromatic rings. The SMILES string of the molecule is CCSc1ccc(C(=O)c2ccc(C)c(F)c2)cc1. The van der Waals surface area contributed by atoms with Crippen molar-refractivity contribution >= 4 is 17.5 Å². The highest BCUT2D eigenvalue weighted by Crippen LogP contribution is 2.20. The Bertz CT molecular complexity index is 590. The molecule has 0 spiro atoms. The average molecular weight is 274 g/mol. The van der Waals surface area contributed by atoms with E-state index in [0.29, 0.717) is 16.7 Å². The molecule has 0 aliphatic heterocycles. The van der Waals surface area contributed by atoms with Gasteiger partial charge in [0, 0.05) is 16.0 Å². The summed E-state index contributed by atoms with van der Waals surface area (Å²) < 4.78 is 13.5. The van der Waals surface area contributed by atoms with E-state index < -0.39 is 0 Å². The summed E-state index contributed by atoms with van der Waals surface area (Å²) in [7, 11) is 0. The smallest absolute Gasteiger partial charge is 0.193 e. The highest BCUT2D eigenvalue weighted by Gasteiger charge is 2.10. The Hall–Kier alpha value is -1.61. The fourth-order valence-electron chi connectivity index (χ4n) is 1.77. The van der Waals surface area contributed by atoms with Gasteiger partial charge in [-0.3, -0.25) is 4.79 Å². The lowest BCUT2D eigenvalue weighted by molar-refractivity contribution is 0.103. The van der Waals surface area contributed by atoms with E-state index >= 15 is 0 Å². The Morgan fingerprint density at radius 2 is 1.74 bits per heavy atom. The molecule has 2 aromatic carbocycles. The maximum absolute atomic E-state index is 13.5. The molecule has 0 aromatic heterocycles. The highest BCUT2D eigenvalue weighted by atomic mass is 32.2. The normalized spacial score (nSPS) is 10.5. The van der Waals surface area contributed by atoms with Crippen LogP contribution in [0.3, 0.4) is 0 Å². The monoisotopic (exact) mass is 274 g/mol. The zero-order valence-corrected chi connectivity index (χ0v) is 11.8. The topological polar surface area (TPSA) is 17.1 Å². The molecule has 0 radical (unpaired) electrons. The molecule has 0 aliphatic carbocycles. The van der Waals surface area contributed by atoms with E-state index in [9.17, 15) is 9.18 Å². The van der Waals surface area contributed by atoms with Crippen LogP contribution >= 0.6 is 11.8 Å². The lowest BCUT2D eigenvalue weighted by Crippen LogP contribution is -2.02. The number of carbonyl (C=O) groups excluding carboxylic acids is 1. The second-order valence-corrected chi connectivity index (χ2v) is 5.59. The summed E-state index contributed by atoms with van der Waals surface area (Å²) in [6.07, 6.45) is 0. The molecule has 0 amide bonds. The van der Waals surface area contributed by atoms with Crippen LogP contribution in [0.15, 0.2) is 47.4 Å². The second kappa shape index (κ2) is 6.02. The van der Waals surface area contributed by atoms with Crippen molar-refractivity contribution in [3.05, 3.63) is 65.0 Å². The van der Waals surface area contributed by atoms with Crippen LogP contribution in [0.5, 0.6) is 0 Å². The molecule has 3 heteroatoms. The second-order valence-electron chi connectivity index (χ2n) is 4.25. The first-order valence-corrected chi connectivity index (χ1v) is 7.14. The molecule has 1 nitrogen and oxygen atoms in total. The van der Waals surface area contributed by atoms with Gasteiger partial charge in [0.05, 0.1) is 0 Å². The fraction of sp³-hybridized carbons (Fsp3) is 0.188. The number of halogens is 1. The van der Waals surface area contributed by atoms with Crippen LogP contribution in [-0.2, 0) is 0 Å². The van der Waals surface area contributed by atoms with E-state index in [-0.39, 0.29) is 11.6 Å². The van der Waals surface area contributed by atoms with Crippen molar-refractivity contribution in [3.63, 3.8) is 0 Å². The van der Waals surface area contributed by atoms with Gasteiger partial charge in [0.1, 0.15) is 5.82 Å². The van der Waals surface area contributed by atoms with Gasteiger partial charge in [0.15, 0.2) is 5.78 Å². The van der Waals surface area contributed by atoms with Crippen LogP contribution in [-0.4, -0.2) is 11.5 Å². The van der Waals surface area contributed by atoms with E-state index in [0.717, 1.165) is 10.6 Å². The Morgan fingerprint density at radius 3 is 2.32 bits per heavy atom. The quantitative estimate of drug-likeness (QED) is 0.604. The molecule has 0 bridgehead atoms. The standard InChI is InChI=1S/C16H15FOS/c1-3-19-14-8-6-12(7-9-14)16(18)13-5-4-11(2)15(17)10-13/h4-10H,3H2,1-2H3. The number of ketones is 1. The lowest BCUT2D eigenvalue weighted by Gasteiger charge is -2.04. The summed E-state index contributed by atoms with van der Waals surface area (Å²) in [5.74, 6) is 0.507. The Labute approximate surface area is 116 Å². The van der Waals surface area contributed by atoms with Crippen molar-refractivity contribution in [1.82, 2.24) is 0 Å². The predicted octanol–water partition coefficient (Wildman–Crippen LogP) is 4.48. The van der Waals surface area contributed by atoms with Gasteiger partial charge in [-0.2, -0.15) is 0 Å². The molecular formula is C16H15FOS. The summed E-state index contributed by atoms with van der Waals surface area (Å²) in [6.45, 7) is 3.76. The van der Waals surface area contributed by atoms with E-state index in [4.69, 9.17) is 0 Å². The van der Waals surface area contributed by atoms with Gasteiger partial charge in [0.25, 0.3) is 0 Å². The predicted molar refractivity (Wildman–Crippen MR) is 77.4 cm³/mol. The first-order chi connectivity index (χ1) is 9.11. The molecule has 0 unspecified atom stereocenters. The minimum Gasteiger partial charge on any atom is -0.289 e. The number of hydrogen-bond donors (Lipinski definition) is 0. The molecule has 0 heterocycles. The van der Waals surface area contributed by atoms with Crippen molar-refractivity contribution in [2.24, 2.45) is 0 Å². The minimum atomic E-state index is -0.344. The van der Waals surface area contributed by atoms with Crippen LogP contribution in [0.2, 0.25) is 0 Å². The summed E-state index contributed by atoms with van der Waals surface area (Å²) >= 11 is 1.72. The third-order valence-corrected chi connectivity index (χ3v) is 3.76. The Kier molecular flexibility index (Phi) is 4.38. The Morgan fingerprint density at radius 1 is 1.11 bits per heavy atom.